The van der Waals surface area contributed by atoms with E-state index in [2.05, 4.69) is 22.2 Å². The van der Waals surface area contributed by atoms with Crippen molar-refractivity contribution in [2.75, 3.05) is 6.61 Å². The van der Waals surface area contributed by atoms with Crippen LogP contribution in [0.5, 0.6) is 5.75 Å². The second kappa shape index (κ2) is 7.65. The minimum absolute atomic E-state index is 0.155. The molecule has 7 heteroatoms. The Morgan fingerprint density at radius 3 is 3.09 bits per heavy atom. The van der Waals surface area contributed by atoms with Gasteiger partial charge in [-0.25, -0.2) is 0 Å². The monoisotopic (exact) mass is 318 g/mol. The molecule has 1 N–H and O–H groups in total. The highest BCUT2D eigenvalue weighted by Crippen LogP contribution is 2.12. The van der Waals surface area contributed by atoms with Crippen LogP contribution in [0.1, 0.15) is 31.0 Å². The van der Waals surface area contributed by atoms with Gasteiger partial charge in [0.25, 0.3) is 5.56 Å². The van der Waals surface area contributed by atoms with E-state index in [9.17, 15) is 4.79 Å². The Balaban J connectivity index is 2.21. The van der Waals surface area contributed by atoms with E-state index in [4.69, 9.17) is 17.0 Å². The molecule has 0 amide bonds. The number of H-pyrrole nitrogens is 1. The van der Waals surface area contributed by atoms with Gasteiger partial charge in [-0.2, -0.15) is 14.9 Å². The third-order valence-electron chi connectivity index (χ3n) is 2.96. The number of ether oxygens (including phenoxy) is 1. The molecule has 22 heavy (non-hydrogen) atoms. The molecule has 0 unspecified atom stereocenters. The summed E-state index contributed by atoms with van der Waals surface area (Å²) in [7, 11) is 0. The molecule has 0 atom stereocenters. The fraction of sp³-hybridized carbons (Fsp3) is 0.333. The van der Waals surface area contributed by atoms with E-state index < -0.39 is 0 Å². The quantitative estimate of drug-likeness (QED) is 0.505. The number of nitrogens with one attached hydrogen (secondary N) is 1. The van der Waals surface area contributed by atoms with Crippen LogP contribution < -0.4 is 10.3 Å². The molecule has 0 saturated carbocycles. The first-order chi connectivity index (χ1) is 10.6. The van der Waals surface area contributed by atoms with E-state index in [1.165, 1.54) is 0 Å². The molecule has 0 aliphatic carbocycles. The largest absolute Gasteiger partial charge is 0.494 e. The number of aromatic amines is 1. The Kier molecular flexibility index (Phi) is 5.60. The number of nitrogens with zero attached hydrogens (tertiary/aromatic N) is 3. The maximum Gasteiger partial charge on any atom is 0.296 e. The van der Waals surface area contributed by atoms with E-state index in [0.29, 0.717) is 12.3 Å². The number of aryl methyl sites for hydroxylation is 1. The number of unbranched alkanes of at least 4 members (excludes halogenated alkanes) is 1. The molecule has 6 nitrogen and oxygen atoms in total. The molecule has 1 heterocycles. The zero-order valence-corrected chi connectivity index (χ0v) is 13.4. The van der Waals surface area contributed by atoms with Crippen molar-refractivity contribution in [1.29, 1.82) is 0 Å². The summed E-state index contributed by atoms with van der Waals surface area (Å²) in [5.41, 5.74) is 0.794. The Hall–Kier alpha value is -2.28. The Morgan fingerprint density at radius 1 is 1.50 bits per heavy atom. The van der Waals surface area contributed by atoms with Crippen molar-refractivity contribution in [1.82, 2.24) is 14.9 Å². The van der Waals surface area contributed by atoms with Gasteiger partial charge >= 0.3 is 0 Å². The van der Waals surface area contributed by atoms with Crippen molar-refractivity contribution in [3.63, 3.8) is 0 Å². The van der Waals surface area contributed by atoms with Crippen LogP contribution in [0.4, 0.5) is 0 Å². The van der Waals surface area contributed by atoms with Crippen LogP contribution in [0.3, 0.4) is 0 Å². The van der Waals surface area contributed by atoms with E-state index in [-0.39, 0.29) is 10.3 Å². The highest BCUT2D eigenvalue weighted by atomic mass is 32.1. The topological polar surface area (TPSA) is 72.3 Å². The lowest BCUT2D eigenvalue weighted by Gasteiger charge is -2.05. The Bertz CT molecular complexity index is 780. The minimum atomic E-state index is -0.338. The molecule has 0 fully saturated rings. The third-order valence-corrected chi connectivity index (χ3v) is 3.22. The highest BCUT2D eigenvalue weighted by molar-refractivity contribution is 7.71. The van der Waals surface area contributed by atoms with Crippen molar-refractivity contribution < 1.29 is 4.74 Å². The molecular weight excluding hydrogens is 300 g/mol. The van der Waals surface area contributed by atoms with Crippen molar-refractivity contribution >= 4 is 18.4 Å². The lowest BCUT2D eigenvalue weighted by Crippen LogP contribution is -2.22. The van der Waals surface area contributed by atoms with Crippen LogP contribution in [0, 0.1) is 11.7 Å². The summed E-state index contributed by atoms with van der Waals surface area (Å²) >= 11 is 5.02. The van der Waals surface area contributed by atoms with Crippen LogP contribution in [0.25, 0.3) is 0 Å². The average Bonchev–Trinajstić information content (AvgIpc) is 2.52. The predicted molar refractivity (Wildman–Crippen MR) is 88.3 cm³/mol. The van der Waals surface area contributed by atoms with Gasteiger partial charge in [0, 0.05) is 0 Å². The zero-order valence-electron chi connectivity index (χ0n) is 12.6. The minimum Gasteiger partial charge on any atom is -0.494 e. The molecule has 1 aromatic heterocycles. The van der Waals surface area contributed by atoms with Gasteiger partial charge in [-0.3, -0.25) is 9.89 Å². The SMILES string of the molecule is CCCCOc1cccc(/C=N\n2c(=S)[nH]nc(C)c2=O)c1. The fourth-order valence-corrected chi connectivity index (χ4v) is 1.90. The van der Waals surface area contributed by atoms with Gasteiger partial charge in [-0.15, -0.1) is 0 Å². The van der Waals surface area contributed by atoms with Gasteiger partial charge in [0.15, 0.2) is 0 Å². The Morgan fingerprint density at radius 2 is 2.32 bits per heavy atom. The molecule has 0 aliphatic rings. The number of hydrogen-bond donors (Lipinski definition) is 1. The summed E-state index contributed by atoms with van der Waals surface area (Å²) in [5, 5.41) is 10.5. The predicted octanol–water partition coefficient (Wildman–Crippen LogP) is 2.67. The lowest BCUT2D eigenvalue weighted by atomic mass is 10.2. The summed E-state index contributed by atoms with van der Waals surface area (Å²) in [6.45, 7) is 4.40. The van der Waals surface area contributed by atoms with Crippen molar-refractivity contribution in [2.45, 2.75) is 26.7 Å². The molecule has 0 spiro atoms. The first kappa shape index (κ1) is 16.1. The first-order valence-corrected chi connectivity index (χ1v) is 7.48. The molecule has 0 saturated heterocycles. The van der Waals surface area contributed by atoms with Crippen LogP contribution in [0.2, 0.25) is 0 Å². The van der Waals surface area contributed by atoms with Gasteiger partial charge < -0.3 is 4.74 Å². The second-order valence-corrected chi connectivity index (χ2v) is 5.14. The average molecular weight is 318 g/mol. The normalized spacial score (nSPS) is 11.0. The molecular formula is C15H18N4O2S. The van der Waals surface area contributed by atoms with Crippen molar-refractivity contribution in [3.8, 4) is 5.75 Å². The van der Waals surface area contributed by atoms with E-state index in [0.717, 1.165) is 28.8 Å². The van der Waals surface area contributed by atoms with E-state index >= 15 is 0 Å². The number of rotatable bonds is 6. The van der Waals surface area contributed by atoms with Crippen LogP contribution in [-0.4, -0.2) is 27.7 Å². The van der Waals surface area contributed by atoms with Crippen LogP contribution in [-0.2, 0) is 0 Å². The molecule has 0 bridgehead atoms. The molecule has 2 rings (SSSR count). The molecule has 0 radical (unpaired) electrons. The number of aromatic nitrogens is 3. The van der Waals surface area contributed by atoms with Crippen molar-refractivity contribution in [2.24, 2.45) is 5.10 Å². The van der Waals surface area contributed by atoms with Crippen molar-refractivity contribution in [3.05, 3.63) is 50.6 Å². The maximum absolute atomic E-state index is 11.9. The molecule has 0 aliphatic heterocycles. The van der Waals surface area contributed by atoms with Gasteiger partial charge in [0.1, 0.15) is 11.4 Å². The van der Waals surface area contributed by atoms with Gasteiger partial charge in [-0.05, 0) is 43.3 Å². The first-order valence-electron chi connectivity index (χ1n) is 7.07. The van der Waals surface area contributed by atoms with Crippen LogP contribution in [0.15, 0.2) is 34.2 Å². The molecule has 116 valence electrons. The van der Waals surface area contributed by atoms with Crippen LogP contribution >= 0.6 is 12.2 Å². The summed E-state index contributed by atoms with van der Waals surface area (Å²) in [6.07, 6.45) is 3.67. The summed E-state index contributed by atoms with van der Waals surface area (Å²) in [5.74, 6) is 0.779. The standard InChI is InChI=1S/C15H18N4O2S/c1-3-4-8-21-13-7-5-6-12(9-13)10-16-19-14(20)11(2)17-18-15(19)22/h5-7,9-10H,3-4,8H2,1-2H3,(H,18,22)/b16-10-. The zero-order chi connectivity index (χ0) is 15.9. The second-order valence-electron chi connectivity index (χ2n) is 4.75. The lowest BCUT2D eigenvalue weighted by molar-refractivity contribution is 0.309. The van der Waals surface area contributed by atoms with Gasteiger partial charge in [-0.1, -0.05) is 25.5 Å². The van der Waals surface area contributed by atoms with E-state index in [1.807, 2.05) is 24.3 Å². The van der Waals surface area contributed by atoms with Gasteiger partial charge in [0.2, 0.25) is 4.77 Å². The Labute approximate surface area is 133 Å². The number of benzene rings is 1. The summed E-state index contributed by atoms with van der Waals surface area (Å²) < 4.78 is 6.91. The summed E-state index contributed by atoms with van der Waals surface area (Å²) in [4.78, 5) is 11.9. The number of hydrogen-bond acceptors (Lipinski definition) is 5. The highest BCUT2D eigenvalue weighted by Gasteiger charge is 2.01. The maximum atomic E-state index is 11.9. The van der Waals surface area contributed by atoms with Gasteiger partial charge in [0.05, 0.1) is 12.8 Å². The molecule has 1 aromatic carbocycles. The molecule has 2 aromatic rings. The van der Waals surface area contributed by atoms with E-state index in [1.54, 1.807) is 13.1 Å². The smallest absolute Gasteiger partial charge is 0.296 e. The summed E-state index contributed by atoms with van der Waals surface area (Å²) in [6, 6.07) is 7.51. The fourth-order valence-electron chi connectivity index (χ4n) is 1.72. The third kappa shape index (κ3) is 4.11.